The molecule has 0 heterocycles. The molecule has 0 aliphatic rings. The van der Waals surface area contributed by atoms with E-state index in [-0.39, 0.29) is 18.1 Å². The minimum Gasteiger partial charge on any atom is -0.508 e. The van der Waals surface area contributed by atoms with Crippen LogP contribution in [0, 0.1) is 0 Å². The number of ether oxygens (including phenoxy) is 1. The fourth-order valence-electron chi connectivity index (χ4n) is 2.25. The van der Waals surface area contributed by atoms with E-state index in [1.807, 2.05) is 30.3 Å². The summed E-state index contributed by atoms with van der Waals surface area (Å²) in [5, 5.41) is 9.71. The van der Waals surface area contributed by atoms with Crippen molar-refractivity contribution < 1.29 is 14.6 Å². The number of rotatable bonds is 5. The number of carbonyl (C=O) groups is 1. The van der Waals surface area contributed by atoms with Crippen molar-refractivity contribution >= 4 is 5.78 Å². The molecule has 0 saturated carbocycles. The molecule has 3 aromatic carbocycles. The Labute approximate surface area is 134 Å². The summed E-state index contributed by atoms with van der Waals surface area (Å²) < 4.78 is 5.64. The molecule has 0 aliphatic heterocycles. The van der Waals surface area contributed by atoms with E-state index in [1.165, 1.54) is 0 Å². The summed E-state index contributed by atoms with van der Waals surface area (Å²) in [5.41, 5.74) is 2.00. The Morgan fingerprint density at radius 3 is 2.09 bits per heavy atom. The number of phenolic OH excluding ortho intramolecular Hbond substituents is 1. The van der Waals surface area contributed by atoms with Crippen molar-refractivity contribution in [2.24, 2.45) is 0 Å². The van der Waals surface area contributed by atoms with Crippen LogP contribution in [-0.4, -0.2) is 10.9 Å². The topological polar surface area (TPSA) is 46.5 Å². The lowest BCUT2D eigenvalue weighted by atomic mass is 10.0. The zero-order valence-corrected chi connectivity index (χ0v) is 12.5. The molecule has 0 saturated heterocycles. The van der Waals surface area contributed by atoms with E-state index in [0.29, 0.717) is 16.9 Å². The van der Waals surface area contributed by atoms with E-state index in [2.05, 4.69) is 0 Å². The summed E-state index contributed by atoms with van der Waals surface area (Å²) in [4.78, 5) is 12.3. The minimum absolute atomic E-state index is 0.0159. The average molecular weight is 304 g/mol. The summed E-state index contributed by atoms with van der Waals surface area (Å²) in [6, 6.07) is 23.2. The second-order valence-corrected chi connectivity index (χ2v) is 5.14. The number of hydrogen-bond acceptors (Lipinski definition) is 3. The smallest absolute Gasteiger partial charge is 0.193 e. The van der Waals surface area contributed by atoms with Crippen LogP contribution in [0.4, 0.5) is 0 Å². The molecule has 0 fully saturated rings. The van der Waals surface area contributed by atoms with Crippen molar-refractivity contribution in [1.82, 2.24) is 0 Å². The summed E-state index contributed by atoms with van der Waals surface area (Å²) in [6.45, 7) is 0.276. The molecular weight excluding hydrogens is 288 g/mol. The van der Waals surface area contributed by atoms with E-state index in [1.54, 1.807) is 48.5 Å². The quantitative estimate of drug-likeness (QED) is 0.718. The van der Waals surface area contributed by atoms with Gasteiger partial charge in [-0.2, -0.15) is 0 Å². The van der Waals surface area contributed by atoms with Crippen LogP contribution >= 0.6 is 0 Å². The van der Waals surface area contributed by atoms with Gasteiger partial charge in [0, 0.05) is 16.7 Å². The van der Waals surface area contributed by atoms with Crippen LogP contribution in [0.5, 0.6) is 11.5 Å². The Hall–Kier alpha value is -3.07. The molecule has 23 heavy (non-hydrogen) atoms. The van der Waals surface area contributed by atoms with Gasteiger partial charge < -0.3 is 9.84 Å². The van der Waals surface area contributed by atoms with Crippen LogP contribution in [0.15, 0.2) is 78.9 Å². The second-order valence-electron chi connectivity index (χ2n) is 5.14. The van der Waals surface area contributed by atoms with Gasteiger partial charge in [0.15, 0.2) is 5.78 Å². The monoisotopic (exact) mass is 304 g/mol. The SMILES string of the molecule is O=C(c1ccccc1)c1ccc(OCc2ccccc2O)cc1. The first-order valence-electron chi connectivity index (χ1n) is 7.33. The number of hydrogen-bond donors (Lipinski definition) is 1. The van der Waals surface area contributed by atoms with Crippen LogP contribution in [0.1, 0.15) is 21.5 Å². The first-order chi connectivity index (χ1) is 11.2. The number of para-hydroxylation sites is 1. The van der Waals surface area contributed by atoms with Gasteiger partial charge in [-0.3, -0.25) is 4.79 Å². The number of benzene rings is 3. The molecule has 0 bridgehead atoms. The summed E-state index contributed by atoms with van der Waals surface area (Å²) in [7, 11) is 0. The standard InChI is InChI=1S/C20H16O3/c21-19-9-5-4-8-17(19)14-23-18-12-10-16(11-13-18)20(22)15-6-2-1-3-7-15/h1-13,21H,14H2. The highest BCUT2D eigenvalue weighted by molar-refractivity contribution is 6.08. The highest BCUT2D eigenvalue weighted by Crippen LogP contribution is 2.20. The molecule has 3 nitrogen and oxygen atoms in total. The van der Waals surface area contributed by atoms with E-state index in [4.69, 9.17) is 4.74 Å². The molecule has 114 valence electrons. The largest absolute Gasteiger partial charge is 0.508 e. The first kappa shape index (κ1) is 14.9. The lowest BCUT2D eigenvalue weighted by Gasteiger charge is -2.08. The maximum absolute atomic E-state index is 12.3. The van der Waals surface area contributed by atoms with Gasteiger partial charge in [-0.1, -0.05) is 48.5 Å². The summed E-state index contributed by atoms with van der Waals surface area (Å²) in [5.74, 6) is 0.846. The molecule has 0 atom stereocenters. The van der Waals surface area contributed by atoms with Gasteiger partial charge in [-0.15, -0.1) is 0 Å². The third-order valence-electron chi connectivity index (χ3n) is 3.54. The van der Waals surface area contributed by atoms with Crippen molar-refractivity contribution in [2.45, 2.75) is 6.61 Å². The van der Waals surface area contributed by atoms with Crippen molar-refractivity contribution in [1.29, 1.82) is 0 Å². The van der Waals surface area contributed by atoms with Gasteiger partial charge in [-0.05, 0) is 30.3 Å². The maximum Gasteiger partial charge on any atom is 0.193 e. The fourth-order valence-corrected chi connectivity index (χ4v) is 2.25. The van der Waals surface area contributed by atoms with Crippen LogP contribution in [0.25, 0.3) is 0 Å². The molecule has 0 radical (unpaired) electrons. The molecule has 3 rings (SSSR count). The molecule has 3 heteroatoms. The zero-order valence-electron chi connectivity index (χ0n) is 12.5. The Kier molecular flexibility index (Phi) is 4.39. The van der Waals surface area contributed by atoms with Crippen LogP contribution in [0.3, 0.4) is 0 Å². The first-order valence-corrected chi connectivity index (χ1v) is 7.33. The molecular formula is C20H16O3. The van der Waals surface area contributed by atoms with Gasteiger partial charge in [0.05, 0.1) is 0 Å². The highest BCUT2D eigenvalue weighted by Gasteiger charge is 2.08. The molecule has 0 unspecified atom stereocenters. The average Bonchev–Trinajstić information content (AvgIpc) is 2.62. The Balaban J connectivity index is 1.68. The molecule has 1 N–H and O–H groups in total. The Morgan fingerprint density at radius 2 is 1.39 bits per heavy atom. The lowest BCUT2D eigenvalue weighted by Crippen LogP contribution is -2.01. The highest BCUT2D eigenvalue weighted by atomic mass is 16.5. The fraction of sp³-hybridized carbons (Fsp3) is 0.0500. The van der Waals surface area contributed by atoms with E-state index >= 15 is 0 Å². The van der Waals surface area contributed by atoms with Gasteiger partial charge >= 0.3 is 0 Å². The number of ketones is 1. The van der Waals surface area contributed by atoms with Crippen molar-refractivity contribution in [3.63, 3.8) is 0 Å². The van der Waals surface area contributed by atoms with Crippen LogP contribution in [0.2, 0.25) is 0 Å². The molecule has 3 aromatic rings. The van der Waals surface area contributed by atoms with E-state index < -0.39 is 0 Å². The van der Waals surface area contributed by atoms with E-state index in [9.17, 15) is 9.90 Å². The third-order valence-corrected chi connectivity index (χ3v) is 3.54. The van der Waals surface area contributed by atoms with Crippen LogP contribution < -0.4 is 4.74 Å². The molecule has 0 aliphatic carbocycles. The number of carbonyl (C=O) groups excluding carboxylic acids is 1. The second kappa shape index (κ2) is 6.79. The predicted octanol–water partition coefficient (Wildman–Crippen LogP) is 4.20. The van der Waals surface area contributed by atoms with Crippen molar-refractivity contribution in [3.05, 3.63) is 95.6 Å². The molecule has 0 amide bonds. The van der Waals surface area contributed by atoms with Gasteiger partial charge in [0.1, 0.15) is 18.1 Å². The summed E-state index contributed by atoms with van der Waals surface area (Å²) >= 11 is 0. The summed E-state index contributed by atoms with van der Waals surface area (Å²) in [6.07, 6.45) is 0. The number of aromatic hydroxyl groups is 1. The normalized spacial score (nSPS) is 10.3. The third kappa shape index (κ3) is 3.58. The Bertz CT molecular complexity index is 793. The van der Waals surface area contributed by atoms with Gasteiger partial charge in [0.25, 0.3) is 0 Å². The van der Waals surface area contributed by atoms with Gasteiger partial charge in [-0.25, -0.2) is 0 Å². The van der Waals surface area contributed by atoms with Crippen molar-refractivity contribution in [3.8, 4) is 11.5 Å². The predicted molar refractivity (Wildman–Crippen MR) is 88.8 cm³/mol. The molecule has 0 aromatic heterocycles. The zero-order chi connectivity index (χ0) is 16.1. The van der Waals surface area contributed by atoms with Crippen LogP contribution in [-0.2, 0) is 6.61 Å². The molecule has 0 spiro atoms. The van der Waals surface area contributed by atoms with Crippen molar-refractivity contribution in [2.75, 3.05) is 0 Å². The van der Waals surface area contributed by atoms with E-state index in [0.717, 1.165) is 5.56 Å². The van der Waals surface area contributed by atoms with Gasteiger partial charge in [0.2, 0.25) is 0 Å². The Morgan fingerprint density at radius 1 is 0.783 bits per heavy atom. The maximum atomic E-state index is 12.3. The minimum atomic E-state index is -0.0159. The lowest BCUT2D eigenvalue weighted by molar-refractivity contribution is 0.103. The number of phenols is 1.